The third-order valence-electron chi connectivity index (χ3n) is 8.42. The van der Waals surface area contributed by atoms with E-state index in [1.165, 1.54) is 33.0 Å². The van der Waals surface area contributed by atoms with E-state index in [0.717, 1.165) is 39.5 Å². The lowest BCUT2D eigenvalue weighted by Crippen LogP contribution is -2.14. The highest BCUT2D eigenvalue weighted by Crippen LogP contribution is 2.53. The van der Waals surface area contributed by atoms with E-state index in [2.05, 4.69) is 122 Å². The molecule has 3 nitrogen and oxygen atoms in total. The molecule has 40 heavy (non-hydrogen) atoms. The van der Waals surface area contributed by atoms with Crippen molar-refractivity contribution < 1.29 is 0 Å². The van der Waals surface area contributed by atoms with Crippen molar-refractivity contribution in [2.75, 3.05) is 0 Å². The second-order valence-corrected chi connectivity index (χ2v) is 11.1. The molecule has 0 aliphatic heterocycles. The number of fused-ring (bicyclic) bond motifs is 7. The Morgan fingerprint density at radius 1 is 0.575 bits per heavy atom. The second kappa shape index (κ2) is 8.49. The minimum Gasteiger partial charge on any atom is -0.294 e. The molecular formula is C37H27N3. The van der Waals surface area contributed by atoms with Crippen molar-refractivity contribution in [1.29, 1.82) is 0 Å². The van der Waals surface area contributed by atoms with Crippen LogP contribution in [0.4, 0.5) is 0 Å². The molecule has 8 rings (SSSR count). The van der Waals surface area contributed by atoms with E-state index in [4.69, 9.17) is 9.97 Å². The van der Waals surface area contributed by atoms with Crippen molar-refractivity contribution >= 4 is 21.8 Å². The molecule has 0 radical (unpaired) electrons. The summed E-state index contributed by atoms with van der Waals surface area (Å²) in [6.45, 7) is 4.68. The van der Waals surface area contributed by atoms with E-state index in [1.54, 1.807) is 0 Å². The number of aromatic nitrogens is 3. The summed E-state index contributed by atoms with van der Waals surface area (Å²) >= 11 is 0. The van der Waals surface area contributed by atoms with E-state index in [0.29, 0.717) is 0 Å². The van der Waals surface area contributed by atoms with Gasteiger partial charge in [-0.1, -0.05) is 123 Å². The monoisotopic (exact) mass is 513 g/mol. The molecule has 0 fully saturated rings. The number of hydrogen-bond acceptors (Lipinski definition) is 2. The molecule has 0 spiro atoms. The Labute approximate surface area is 233 Å². The first-order chi connectivity index (χ1) is 19.6. The van der Waals surface area contributed by atoms with Crippen LogP contribution in [0.3, 0.4) is 0 Å². The van der Waals surface area contributed by atoms with E-state index < -0.39 is 0 Å². The molecule has 190 valence electrons. The first-order valence-electron chi connectivity index (χ1n) is 13.8. The lowest BCUT2D eigenvalue weighted by molar-refractivity contribution is 0.661. The van der Waals surface area contributed by atoms with Gasteiger partial charge in [-0.05, 0) is 34.4 Å². The van der Waals surface area contributed by atoms with Gasteiger partial charge in [-0.25, -0.2) is 9.97 Å². The Balaban J connectivity index is 1.48. The maximum atomic E-state index is 5.19. The van der Waals surface area contributed by atoms with Crippen molar-refractivity contribution in [2.24, 2.45) is 0 Å². The highest BCUT2D eigenvalue weighted by Gasteiger charge is 2.37. The third kappa shape index (κ3) is 3.24. The van der Waals surface area contributed by atoms with Crippen LogP contribution in [0, 0.1) is 0 Å². The van der Waals surface area contributed by atoms with Gasteiger partial charge < -0.3 is 0 Å². The Morgan fingerprint density at radius 3 is 2.05 bits per heavy atom. The van der Waals surface area contributed by atoms with E-state index in [1.807, 2.05) is 24.3 Å². The van der Waals surface area contributed by atoms with Gasteiger partial charge in [0.05, 0.1) is 16.7 Å². The van der Waals surface area contributed by atoms with E-state index in [-0.39, 0.29) is 5.41 Å². The number of benzene rings is 5. The molecule has 0 unspecified atom stereocenters. The molecule has 0 bridgehead atoms. The summed E-state index contributed by atoms with van der Waals surface area (Å²) in [6, 6.07) is 45.0. The topological polar surface area (TPSA) is 30.7 Å². The molecular weight excluding hydrogens is 486 g/mol. The van der Waals surface area contributed by atoms with Crippen molar-refractivity contribution in [2.45, 2.75) is 19.3 Å². The highest BCUT2D eigenvalue weighted by molar-refractivity contribution is 6.17. The normalized spacial score (nSPS) is 13.4. The SMILES string of the molecule is CC1(C)c2ccccc2-c2c1ccc1c2c2ccccc2n1-c1cc(-c2ccccc2)nc(-c2ccccc2)n1. The van der Waals surface area contributed by atoms with Gasteiger partial charge in [0.2, 0.25) is 0 Å². The maximum Gasteiger partial charge on any atom is 0.162 e. The van der Waals surface area contributed by atoms with Gasteiger partial charge in [0, 0.05) is 33.4 Å². The van der Waals surface area contributed by atoms with Crippen LogP contribution in [0.25, 0.3) is 61.4 Å². The highest BCUT2D eigenvalue weighted by atomic mass is 15.1. The number of rotatable bonds is 3. The van der Waals surface area contributed by atoms with E-state index >= 15 is 0 Å². The number of para-hydroxylation sites is 1. The smallest absolute Gasteiger partial charge is 0.162 e. The largest absolute Gasteiger partial charge is 0.294 e. The molecule has 0 saturated carbocycles. The molecule has 3 heteroatoms. The zero-order valence-electron chi connectivity index (χ0n) is 22.5. The van der Waals surface area contributed by atoms with Gasteiger partial charge in [-0.2, -0.15) is 0 Å². The third-order valence-corrected chi connectivity index (χ3v) is 8.42. The summed E-state index contributed by atoms with van der Waals surface area (Å²) in [5, 5.41) is 2.52. The van der Waals surface area contributed by atoms with Crippen LogP contribution in [-0.2, 0) is 5.41 Å². The molecule has 0 saturated heterocycles. The molecule has 1 aliphatic carbocycles. The predicted octanol–water partition coefficient (Wildman–Crippen LogP) is 9.21. The van der Waals surface area contributed by atoms with Gasteiger partial charge >= 0.3 is 0 Å². The molecule has 0 N–H and O–H groups in total. The average Bonchev–Trinajstić information content (AvgIpc) is 3.47. The molecule has 0 atom stereocenters. The number of hydrogen-bond donors (Lipinski definition) is 0. The summed E-state index contributed by atoms with van der Waals surface area (Å²) in [6.07, 6.45) is 0. The minimum absolute atomic E-state index is 0.0564. The van der Waals surface area contributed by atoms with Gasteiger partial charge in [0.15, 0.2) is 5.82 Å². The lowest BCUT2D eigenvalue weighted by Gasteiger charge is -2.21. The summed E-state index contributed by atoms with van der Waals surface area (Å²) in [4.78, 5) is 10.2. The average molecular weight is 514 g/mol. The molecule has 1 aliphatic rings. The van der Waals surface area contributed by atoms with Crippen molar-refractivity contribution in [1.82, 2.24) is 14.5 Å². The zero-order valence-corrected chi connectivity index (χ0v) is 22.5. The molecule has 7 aromatic rings. The Hall–Kier alpha value is -5.02. The van der Waals surface area contributed by atoms with Gasteiger partial charge in [-0.15, -0.1) is 0 Å². The summed E-state index contributed by atoms with van der Waals surface area (Å²) in [7, 11) is 0. The van der Waals surface area contributed by atoms with Crippen LogP contribution >= 0.6 is 0 Å². The van der Waals surface area contributed by atoms with Crippen molar-refractivity contribution in [3.05, 3.63) is 139 Å². The Morgan fingerprint density at radius 2 is 1.25 bits per heavy atom. The molecule has 5 aromatic carbocycles. The van der Waals surface area contributed by atoms with Crippen LogP contribution in [0.1, 0.15) is 25.0 Å². The predicted molar refractivity (Wildman–Crippen MR) is 165 cm³/mol. The molecule has 0 amide bonds. The second-order valence-electron chi connectivity index (χ2n) is 11.1. The molecule has 2 heterocycles. The summed E-state index contributed by atoms with van der Waals surface area (Å²) in [5.74, 6) is 1.58. The standard InChI is InChI=1S/C37H27N3/c1-37(2)28-19-11-9-17-26(28)34-29(37)21-22-32-35(34)27-18-10-12-20-31(27)40(32)33-23-30(24-13-5-3-6-14-24)38-36(39-33)25-15-7-4-8-16-25/h3-23H,1-2H3. The van der Waals surface area contributed by atoms with Crippen LogP contribution < -0.4 is 0 Å². The number of nitrogens with zero attached hydrogens (tertiary/aromatic N) is 3. The van der Waals surface area contributed by atoms with Gasteiger partial charge in [0.1, 0.15) is 5.82 Å². The zero-order chi connectivity index (χ0) is 26.8. The van der Waals surface area contributed by atoms with E-state index in [9.17, 15) is 0 Å². The van der Waals surface area contributed by atoms with Crippen LogP contribution in [0.5, 0.6) is 0 Å². The van der Waals surface area contributed by atoms with Gasteiger partial charge in [0.25, 0.3) is 0 Å². The van der Waals surface area contributed by atoms with Gasteiger partial charge in [-0.3, -0.25) is 4.57 Å². The fourth-order valence-electron chi connectivity index (χ4n) is 6.52. The quantitative estimate of drug-likeness (QED) is 0.236. The van der Waals surface area contributed by atoms with Crippen LogP contribution in [0.2, 0.25) is 0 Å². The van der Waals surface area contributed by atoms with Crippen molar-refractivity contribution in [3.63, 3.8) is 0 Å². The molecule has 2 aromatic heterocycles. The minimum atomic E-state index is -0.0564. The lowest BCUT2D eigenvalue weighted by atomic mass is 9.82. The van der Waals surface area contributed by atoms with Crippen molar-refractivity contribution in [3.8, 4) is 39.6 Å². The summed E-state index contributed by atoms with van der Waals surface area (Å²) < 4.78 is 2.32. The summed E-state index contributed by atoms with van der Waals surface area (Å²) in [5.41, 5.74) is 10.6. The van der Waals surface area contributed by atoms with Crippen LogP contribution in [-0.4, -0.2) is 14.5 Å². The first kappa shape index (κ1) is 22.9. The Kier molecular flexibility index (Phi) is 4.86. The fourth-order valence-corrected chi connectivity index (χ4v) is 6.52. The Bertz CT molecular complexity index is 2010. The first-order valence-corrected chi connectivity index (χ1v) is 13.8. The van der Waals surface area contributed by atoms with Crippen LogP contribution in [0.15, 0.2) is 127 Å². The maximum absolute atomic E-state index is 5.19. The fraction of sp³-hybridized carbons (Fsp3) is 0.0811.